The van der Waals surface area contributed by atoms with Crippen LogP contribution in [-0.4, -0.2) is 0 Å². The van der Waals surface area contributed by atoms with Crippen LogP contribution in [0.2, 0.25) is 0 Å². The average Bonchev–Trinajstić information content (AvgIpc) is 3.90. The van der Waals surface area contributed by atoms with Crippen LogP contribution in [0.3, 0.4) is 0 Å². The Labute approximate surface area is 371 Å². The Bertz CT molecular complexity index is 3170. The summed E-state index contributed by atoms with van der Waals surface area (Å²) in [5.74, 6) is 0.677. The molecule has 302 valence electrons. The fraction of sp³-hybridized carbons (Fsp3) is 0.161. The average molecular weight is 808 g/mol. The lowest BCUT2D eigenvalue weighted by Gasteiger charge is -2.35. The van der Waals surface area contributed by atoms with Gasteiger partial charge in [-0.3, -0.25) is 0 Å². The van der Waals surface area contributed by atoms with Crippen LogP contribution in [0.15, 0.2) is 223 Å². The van der Waals surface area contributed by atoms with Crippen LogP contribution in [0.1, 0.15) is 90.0 Å². The first-order valence-corrected chi connectivity index (χ1v) is 23.0. The summed E-state index contributed by atoms with van der Waals surface area (Å²) in [6.45, 7) is 4.84. The maximum atomic E-state index is 2.58. The van der Waals surface area contributed by atoms with E-state index in [0.29, 0.717) is 5.92 Å². The van der Waals surface area contributed by atoms with Crippen LogP contribution in [-0.2, 0) is 10.8 Å². The fourth-order valence-corrected chi connectivity index (χ4v) is 12.9. The Morgan fingerprint density at radius 1 is 0.571 bits per heavy atom. The third-order valence-corrected chi connectivity index (χ3v) is 15.5. The minimum Gasteiger partial charge on any atom is -0.315 e. The molecule has 6 aromatic carbocycles. The lowest BCUT2D eigenvalue weighted by atomic mass is 9.69. The summed E-state index contributed by atoms with van der Waals surface area (Å²) in [5, 5.41) is 0. The molecule has 0 aromatic heterocycles. The predicted octanol–water partition coefficient (Wildman–Crippen LogP) is 15.3. The molecule has 7 aliphatic carbocycles. The number of benzene rings is 6. The highest BCUT2D eigenvalue weighted by atomic mass is 15.2. The quantitative estimate of drug-likeness (QED) is 0.167. The lowest BCUT2D eigenvalue weighted by molar-refractivity contribution is 0.609. The first-order chi connectivity index (χ1) is 31.0. The number of anilines is 1. The molecule has 2 unspecified atom stereocenters. The van der Waals surface area contributed by atoms with Gasteiger partial charge < -0.3 is 4.90 Å². The number of hydrogen-bond donors (Lipinski definition) is 0. The molecule has 1 nitrogen and oxygen atoms in total. The van der Waals surface area contributed by atoms with Gasteiger partial charge in [0.05, 0.1) is 5.41 Å². The Morgan fingerprint density at radius 3 is 2.02 bits per heavy atom. The van der Waals surface area contributed by atoms with Crippen molar-refractivity contribution in [3.05, 3.63) is 267 Å². The zero-order chi connectivity index (χ0) is 41.9. The molecule has 7 aliphatic rings. The van der Waals surface area contributed by atoms with Crippen LogP contribution in [0.25, 0.3) is 33.4 Å². The molecule has 0 aliphatic heterocycles. The van der Waals surface area contributed by atoms with E-state index in [2.05, 4.69) is 219 Å². The topological polar surface area (TPSA) is 3.24 Å². The third kappa shape index (κ3) is 5.11. The van der Waals surface area contributed by atoms with E-state index in [1.165, 1.54) is 106 Å². The normalized spacial score (nSPS) is 21.0. The second-order valence-electron chi connectivity index (χ2n) is 18.9. The predicted molar refractivity (Wildman–Crippen MR) is 262 cm³/mol. The molecule has 0 bridgehead atoms. The largest absolute Gasteiger partial charge is 0.315 e. The molecular weight excluding hydrogens is 759 g/mol. The second-order valence-corrected chi connectivity index (χ2v) is 18.9. The van der Waals surface area contributed by atoms with Gasteiger partial charge in [-0.05, 0) is 133 Å². The van der Waals surface area contributed by atoms with E-state index in [9.17, 15) is 0 Å². The van der Waals surface area contributed by atoms with E-state index in [0.717, 1.165) is 25.7 Å². The molecule has 6 aromatic rings. The highest BCUT2D eigenvalue weighted by Gasteiger charge is 2.52. The van der Waals surface area contributed by atoms with Crippen LogP contribution in [0, 0.1) is 5.92 Å². The molecule has 1 spiro atoms. The Balaban J connectivity index is 1.01. The summed E-state index contributed by atoms with van der Waals surface area (Å²) in [4.78, 5) is 2.58. The van der Waals surface area contributed by atoms with Crippen molar-refractivity contribution in [2.24, 2.45) is 5.92 Å². The Hall–Kier alpha value is -6.96. The van der Waals surface area contributed by atoms with Gasteiger partial charge in [0.1, 0.15) is 0 Å². The van der Waals surface area contributed by atoms with E-state index in [1.807, 2.05) is 0 Å². The first-order valence-electron chi connectivity index (χ1n) is 23.0. The van der Waals surface area contributed by atoms with Crippen molar-refractivity contribution < 1.29 is 0 Å². The molecule has 2 atom stereocenters. The van der Waals surface area contributed by atoms with Crippen molar-refractivity contribution in [1.29, 1.82) is 0 Å². The minimum atomic E-state index is -0.384. The van der Waals surface area contributed by atoms with Crippen molar-refractivity contribution in [1.82, 2.24) is 0 Å². The first kappa shape index (κ1) is 36.7. The van der Waals surface area contributed by atoms with Crippen molar-refractivity contribution in [3.63, 3.8) is 0 Å². The monoisotopic (exact) mass is 807 g/mol. The molecule has 13 rings (SSSR count). The van der Waals surface area contributed by atoms with Crippen molar-refractivity contribution in [2.75, 3.05) is 4.90 Å². The number of rotatable bonds is 5. The standard InChI is InChI=1S/C62H49N/c1-61(2)53-29-12-8-24-47(53)50-37-35-44(39-58(50)61)63(42-20-4-3-5-21-42)43-22-16-19-41(38-43)46-36-34-40-18-6-7-23-45(40)59(46)52-28-17-33-57-60(52)51-27-11-15-32-56(51)62(57)54-30-13-9-25-48(54)49-26-10-14-31-55(49)62/h3-4,6-20,22,24-36,38-39,45,50H,5,21,23,37H2,1-2H3. The maximum absolute atomic E-state index is 2.58. The number of hydrogen-bond acceptors (Lipinski definition) is 1. The van der Waals surface area contributed by atoms with Gasteiger partial charge in [0.15, 0.2) is 0 Å². The maximum Gasteiger partial charge on any atom is 0.0725 e. The molecule has 0 heterocycles. The molecule has 0 saturated carbocycles. The molecule has 0 fully saturated rings. The molecule has 0 N–H and O–H groups in total. The van der Waals surface area contributed by atoms with Gasteiger partial charge in [0.2, 0.25) is 0 Å². The van der Waals surface area contributed by atoms with Gasteiger partial charge >= 0.3 is 0 Å². The van der Waals surface area contributed by atoms with Gasteiger partial charge in [0.25, 0.3) is 0 Å². The van der Waals surface area contributed by atoms with Crippen LogP contribution in [0.4, 0.5) is 5.69 Å². The van der Waals surface area contributed by atoms with Crippen molar-refractivity contribution in [2.45, 2.75) is 56.3 Å². The second kappa shape index (κ2) is 13.8. The highest BCUT2D eigenvalue weighted by Crippen LogP contribution is 2.64. The third-order valence-electron chi connectivity index (χ3n) is 15.5. The Kier molecular flexibility index (Phi) is 8.02. The van der Waals surface area contributed by atoms with Crippen LogP contribution < -0.4 is 4.90 Å². The molecular formula is C62H49N. The Morgan fingerprint density at radius 2 is 1.24 bits per heavy atom. The van der Waals surface area contributed by atoms with Gasteiger partial charge in [-0.25, -0.2) is 0 Å². The van der Waals surface area contributed by atoms with E-state index in [-0.39, 0.29) is 16.7 Å². The molecule has 63 heavy (non-hydrogen) atoms. The van der Waals surface area contributed by atoms with Gasteiger partial charge in [-0.15, -0.1) is 0 Å². The molecule has 1 heteroatoms. The van der Waals surface area contributed by atoms with Crippen molar-refractivity contribution >= 4 is 16.8 Å². The number of nitrogens with zero attached hydrogens (tertiary/aromatic N) is 1. The molecule has 0 radical (unpaired) electrons. The van der Waals surface area contributed by atoms with E-state index in [1.54, 1.807) is 0 Å². The smallest absolute Gasteiger partial charge is 0.0725 e. The van der Waals surface area contributed by atoms with Gasteiger partial charge in [-0.2, -0.15) is 0 Å². The number of fused-ring (bicyclic) bond motifs is 14. The van der Waals surface area contributed by atoms with Gasteiger partial charge in [-0.1, -0.05) is 195 Å². The zero-order valence-electron chi connectivity index (χ0n) is 36.0. The summed E-state index contributed by atoms with van der Waals surface area (Å²) in [5.41, 5.74) is 25.6. The molecule has 0 saturated heterocycles. The zero-order valence-corrected chi connectivity index (χ0v) is 36.0. The SMILES string of the molecule is CC1(C)C2=CC(N(C3=CC=CCC3)c3cccc(C4=C(c5cccc6c5-c5ccccc5C65c6ccccc6-c6ccccc65)C5CC=CC=C5C=C4)c3)=CCC2c2ccccc21. The summed E-state index contributed by atoms with van der Waals surface area (Å²) in [6, 6.07) is 53.4. The highest BCUT2D eigenvalue weighted by molar-refractivity contribution is 6.06. The van der Waals surface area contributed by atoms with Crippen molar-refractivity contribution in [3.8, 4) is 22.3 Å². The number of allylic oxidation sites excluding steroid dienone is 15. The van der Waals surface area contributed by atoms with Gasteiger partial charge in [0, 0.05) is 34.3 Å². The minimum absolute atomic E-state index is 0.0167. The van der Waals surface area contributed by atoms with E-state index in [4.69, 9.17) is 0 Å². The lowest BCUT2D eigenvalue weighted by Crippen LogP contribution is -2.26. The summed E-state index contributed by atoms with van der Waals surface area (Å²) >= 11 is 0. The summed E-state index contributed by atoms with van der Waals surface area (Å²) < 4.78 is 0. The van der Waals surface area contributed by atoms with Crippen LogP contribution in [0.5, 0.6) is 0 Å². The molecule has 0 amide bonds. The summed E-state index contributed by atoms with van der Waals surface area (Å²) in [6.07, 6.45) is 27.7. The van der Waals surface area contributed by atoms with E-state index >= 15 is 0 Å². The fourth-order valence-electron chi connectivity index (χ4n) is 12.9. The van der Waals surface area contributed by atoms with E-state index < -0.39 is 0 Å². The summed E-state index contributed by atoms with van der Waals surface area (Å²) in [7, 11) is 0. The van der Waals surface area contributed by atoms with Crippen LogP contribution >= 0.6 is 0 Å².